The van der Waals surface area contributed by atoms with Gasteiger partial charge < -0.3 is 5.73 Å². The van der Waals surface area contributed by atoms with Crippen molar-refractivity contribution in [1.82, 2.24) is 0 Å². The maximum absolute atomic E-state index is 8.49. The third-order valence-corrected chi connectivity index (χ3v) is 2.82. The molecule has 0 spiro atoms. The van der Waals surface area contributed by atoms with Gasteiger partial charge in [-0.2, -0.15) is 5.26 Å². The highest BCUT2D eigenvalue weighted by Gasteiger charge is 2.05. The van der Waals surface area contributed by atoms with E-state index in [4.69, 9.17) is 11.0 Å². The van der Waals surface area contributed by atoms with Crippen LogP contribution in [-0.4, -0.2) is 5.25 Å². The molecule has 1 rings (SSSR count). The Balaban J connectivity index is 2.64. The number of thioether (sulfide) groups is 1. The molecule has 2 nitrogen and oxygen atoms in total. The predicted molar refractivity (Wildman–Crippen MR) is 56.4 cm³/mol. The van der Waals surface area contributed by atoms with Crippen LogP contribution in [0.4, 0.5) is 5.69 Å². The molecule has 1 aromatic rings. The molecule has 0 aliphatic heterocycles. The van der Waals surface area contributed by atoms with Gasteiger partial charge in [0.15, 0.2) is 0 Å². The molecule has 2 N–H and O–H groups in total. The van der Waals surface area contributed by atoms with Gasteiger partial charge in [-0.1, -0.05) is 19.1 Å². The van der Waals surface area contributed by atoms with Crippen LogP contribution >= 0.6 is 11.8 Å². The Labute approximate surface area is 82.7 Å². The van der Waals surface area contributed by atoms with E-state index in [2.05, 4.69) is 6.07 Å². The van der Waals surface area contributed by atoms with Crippen LogP contribution in [0.2, 0.25) is 0 Å². The summed E-state index contributed by atoms with van der Waals surface area (Å²) in [7, 11) is 0. The lowest BCUT2D eigenvalue weighted by Gasteiger charge is -2.08. The normalized spacial score (nSPS) is 12.0. The van der Waals surface area contributed by atoms with E-state index in [1.54, 1.807) is 11.8 Å². The minimum absolute atomic E-state index is 0.301. The molecule has 0 aliphatic rings. The van der Waals surface area contributed by atoms with Crippen molar-refractivity contribution in [1.29, 1.82) is 5.26 Å². The van der Waals surface area contributed by atoms with Gasteiger partial charge in [0.25, 0.3) is 0 Å². The fraction of sp³-hybridized carbons (Fsp3) is 0.300. The molecular weight excluding hydrogens is 180 g/mol. The Morgan fingerprint density at radius 3 is 2.85 bits per heavy atom. The van der Waals surface area contributed by atoms with Crippen LogP contribution in [0.1, 0.15) is 13.3 Å². The van der Waals surface area contributed by atoms with Gasteiger partial charge in [0.1, 0.15) is 0 Å². The maximum Gasteiger partial charge on any atom is 0.0633 e. The number of para-hydroxylation sites is 1. The zero-order valence-corrected chi connectivity index (χ0v) is 8.34. The lowest BCUT2D eigenvalue weighted by molar-refractivity contribution is 0.990. The van der Waals surface area contributed by atoms with Crippen LogP contribution in [-0.2, 0) is 0 Å². The van der Waals surface area contributed by atoms with Crippen molar-refractivity contribution in [3.05, 3.63) is 24.3 Å². The summed E-state index contributed by atoms with van der Waals surface area (Å²) < 4.78 is 0. The van der Waals surface area contributed by atoms with Gasteiger partial charge in [-0.25, -0.2) is 0 Å². The molecule has 0 saturated heterocycles. The molecule has 3 heteroatoms. The number of nitriles is 1. The van der Waals surface area contributed by atoms with E-state index in [1.807, 2.05) is 31.2 Å². The summed E-state index contributed by atoms with van der Waals surface area (Å²) in [6.07, 6.45) is 0.555. The molecule has 0 unspecified atom stereocenters. The quantitative estimate of drug-likeness (QED) is 0.591. The number of rotatable bonds is 3. The first-order valence-corrected chi connectivity index (χ1v) is 5.00. The van der Waals surface area contributed by atoms with Gasteiger partial charge in [0.05, 0.1) is 6.07 Å². The van der Waals surface area contributed by atoms with E-state index in [0.717, 1.165) is 10.6 Å². The second-order valence-electron chi connectivity index (χ2n) is 2.83. The van der Waals surface area contributed by atoms with Crippen molar-refractivity contribution >= 4 is 17.4 Å². The van der Waals surface area contributed by atoms with Crippen LogP contribution in [0.25, 0.3) is 0 Å². The van der Waals surface area contributed by atoms with Crippen molar-refractivity contribution in [2.24, 2.45) is 0 Å². The van der Waals surface area contributed by atoms with Gasteiger partial charge >= 0.3 is 0 Å². The number of nitrogens with zero attached hydrogens (tertiary/aromatic N) is 1. The molecule has 1 aromatic carbocycles. The summed E-state index contributed by atoms with van der Waals surface area (Å²) in [4.78, 5) is 1.06. The first-order chi connectivity index (χ1) is 6.24. The highest BCUT2D eigenvalue weighted by molar-refractivity contribution is 8.00. The second-order valence-corrected chi connectivity index (χ2v) is 4.31. The monoisotopic (exact) mass is 192 g/mol. The maximum atomic E-state index is 8.49. The van der Waals surface area contributed by atoms with E-state index >= 15 is 0 Å². The number of anilines is 1. The van der Waals surface area contributed by atoms with E-state index in [-0.39, 0.29) is 0 Å². The molecule has 1 atom stereocenters. The molecule has 0 bridgehead atoms. The van der Waals surface area contributed by atoms with Crippen LogP contribution < -0.4 is 5.73 Å². The Morgan fingerprint density at radius 2 is 2.23 bits per heavy atom. The minimum atomic E-state index is 0.301. The molecule has 0 aliphatic carbocycles. The first kappa shape index (κ1) is 9.94. The fourth-order valence-electron chi connectivity index (χ4n) is 0.975. The van der Waals surface area contributed by atoms with Crippen LogP contribution in [0, 0.1) is 11.3 Å². The topological polar surface area (TPSA) is 49.8 Å². The standard InChI is InChI=1S/C10H12N2S/c1-8(6-7-11)13-10-5-3-2-4-9(10)12/h2-5,8H,6,12H2,1H3/t8-/m0/s1. The summed E-state index contributed by atoms with van der Waals surface area (Å²) in [5.41, 5.74) is 6.55. The third kappa shape index (κ3) is 3.00. The number of hydrogen-bond donors (Lipinski definition) is 1. The molecule has 0 aromatic heterocycles. The number of hydrogen-bond acceptors (Lipinski definition) is 3. The van der Waals surface area contributed by atoms with E-state index in [9.17, 15) is 0 Å². The summed E-state index contributed by atoms with van der Waals surface area (Å²) in [5.74, 6) is 0. The molecule has 0 fully saturated rings. The highest BCUT2D eigenvalue weighted by Crippen LogP contribution is 2.29. The molecular formula is C10H12N2S. The third-order valence-electron chi connectivity index (χ3n) is 1.63. The molecule has 0 radical (unpaired) electrons. The lowest BCUT2D eigenvalue weighted by Crippen LogP contribution is -1.95. The summed E-state index contributed by atoms with van der Waals surface area (Å²) in [6.45, 7) is 2.03. The molecule has 0 amide bonds. The Kier molecular flexibility index (Phi) is 3.66. The van der Waals surface area contributed by atoms with Gasteiger partial charge in [-0.15, -0.1) is 11.8 Å². The van der Waals surface area contributed by atoms with Gasteiger partial charge in [-0.3, -0.25) is 0 Å². The fourth-order valence-corrected chi connectivity index (χ4v) is 1.93. The van der Waals surface area contributed by atoms with Crippen molar-refractivity contribution < 1.29 is 0 Å². The van der Waals surface area contributed by atoms with Crippen molar-refractivity contribution in [3.8, 4) is 6.07 Å². The molecule has 13 heavy (non-hydrogen) atoms. The van der Waals surface area contributed by atoms with E-state index in [1.165, 1.54) is 0 Å². The number of nitrogens with two attached hydrogens (primary N) is 1. The summed E-state index contributed by atoms with van der Waals surface area (Å²) in [6, 6.07) is 9.87. The van der Waals surface area contributed by atoms with E-state index in [0.29, 0.717) is 11.7 Å². The molecule has 0 heterocycles. The number of nitrogen functional groups attached to an aromatic ring is 1. The number of benzene rings is 1. The minimum Gasteiger partial charge on any atom is -0.398 e. The smallest absolute Gasteiger partial charge is 0.0633 e. The lowest BCUT2D eigenvalue weighted by atomic mass is 10.3. The zero-order valence-electron chi connectivity index (χ0n) is 7.53. The van der Waals surface area contributed by atoms with Crippen LogP contribution in [0.15, 0.2) is 29.2 Å². The molecule has 0 saturated carbocycles. The van der Waals surface area contributed by atoms with Gasteiger partial charge in [0.2, 0.25) is 0 Å². The van der Waals surface area contributed by atoms with Crippen molar-refractivity contribution in [2.45, 2.75) is 23.5 Å². The summed E-state index contributed by atoms with van der Waals surface area (Å²) >= 11 is 1.65. The zero-order chi connectivity index (χ0) is 9.68. The molecule has 68 valence electrons. The Morgan fingerprint density at radius 1 is 1.54 bits per heavy atom. The second kappa shape index (κ2) is 4.78. The van der Waals surface area contributed by atoms with Crippen LogP contribution in [0.3, 0.4) is 0 Å². The van der Waals surface area contributed by atoms with Crippen molar-refractivity contribution in [3.63, 3.8) is 0 Å². The highest BCUT2D eigenvalue weighted by atomic mass is 32.2. The SMILES string of the molecule is C[C@@H](CC#N)Sc1ccccc1N. The largest absolute Gasteiger partial charge is 0.398 e. The predicted octanol–water partition coefficient (Wildman–Crippen LogP) is 2.66. The summed E-state index contributed by atoms with van der Waals surface area (Å²) in [5, 5.41) is 8.79. The van der Waals surface area contributed by atoms with Gasteiger partial charge in [0, 0.05) is 22.3 Å². The average Bonchev–Trinajstić information content (AvgIpc) is 2.09. The first-order valence-electron chi connectivity index (χ1n) is 4.12. The van der Waals surface area contributed by atoms with Crippen LogP contribution in [0.5, 0.6) is 0 Å². The Hall–Kier alpha value is -1.14. The van der Waals surface area contributed by atoms with Crippen molar-refractivity contribution in [2.75, 3.05) is 5.73 Å². The van der Waals surface area contributed by atoms with E-state index < -0.39 is 0 Å². The van der Waals surface area contributed by atoms with Gasteiger partial charge in [-0.05, 0) is 12.1 Å². The average molecular weight is 192 g/mol. The Bertz CT molecular complexity index is 317.